The predicted octanol–water partition coefficient (Wildman–Crippen LogP) is 1.40. The lowest BCUT2D eigenvalue weighted by Gasteiger charge is -2.09. The average molecular weight is 233 g/mol. The van der Waals surface area contributed by atoms with Crippen molar-refractivity contribution in [1.29, 1.82) is 0 Å². The Labute approximate surface area is 95.6 Å². The Morgan fingerprint density at radius 1 is 1.60 bits per heavy atom. The fourth-order valence-electron chi connectivity index (χ4n) is 1.22. The Hall–Kier alpha value is -1.00. The molecule has 1 amide bonds. The van der Waals surface area contributed by atoms with Crippen molar-refractivity contribution in [1.82, 2.24) is 5.32 Å². The lowest BCUT2D eigenvalue weighted by atomic mass is 10.2. The van der Waals surface area contributed by atoms with E-state index in [1.807, 2.05) is 26.8 Å². The van der Waals surface area contributed by atoms with Gasteiger partial charge in [0.2, 0.25) is 0 Å². The molecule has 15 heavy (non-hydrogen) atoms. The highest BCUT2D eigenvalue weighted by molar-refractivity contribution is 5.93. The van der Waals surface area contributed by atoms with Crippen LogP contribution in [0.15, 0.2) is 10.5 Å². The van der Waals surface area contributed by atoms with Crippen molar-refractivity contribution in [2.75, 3.05) is 6.54 Å². The Morgan fingerprint density at radius 2 is 2.20 bits per heavy atom. The summed E-state index contributed by atoms with van der Waals surface area (Å²) in [5.41, 5.74) is 6.25. The molecule has 1 aromatic heterocycles. The van der Waals surface area contributed by atoms with Gasteiger partial charge in [0.15, 0.2) is 5.76 Å². The molecular formula is C10H17ClN2O2. The molecule has 0 saturated heterocycles. The summed E-state index contributed by atoms with van der Waals surface area (Å²) in [5.74, 6) is 0.921. The van der Waals surface area contributed by atoms with Gasteiger partial charge in [-0.3, -0.25) is 4.79 Å². The summed E-state index contributed by atoms with van der Waals surface area (Å²) >= 11 is 0. The lowest BCUT2D eigenvalue weighted by Crippen LogP contribution is -2.37. The minimum atomic E-state index is -0.200. The third-order valence-corrected chi connectivity index (χ3v) is 1.98. The summed E-state index contributed by atoms with van der Waals surface area (Å²) < 4.78 is 5.27. The zero-order valence-corrected chi connectivity index (χ0v) is 9.98. The fraction of sp³-hybridized carbons (Fsp3) is 0.500. The van der Waals surface area contributed by atoms with Gasteiger partial charge in [-0.1, -0.05) is 0 Å². The van der Waals surface area contributed by atoms with Gasteiger partial charge in [0.1, 0.15) is 5.76 Å². The first-order chi connectivity index (χ1) is 6.54. The van der Waals surface area contributed by atoms with Gasteiger partial charge in [0.25, 0.3) is 5.91 Å². The number of aryl methyl sites for hydroxylation is 2. The van der Waals surface area contributed by atoms with Crippen molar-refractivity contribution >= 4 is 18.3 Å². The second kappa shape index (κ2) is 5.78. The molecule has 1 aromatic rings. The van der Waals surface area contributed by atoms with Crippen LogP contribution in [0.5, 0.6) is 0 Å². The molecule has 4 nitrogen and oxygen atoms in total. The molecule has 0 aliphatic carbocycles. The number of furan rings is 1. The highest BCUT2D eigenvalue weighted by Gasteiger charge is 2.15. The Kier molecular flexibility index (Phi) is 5.39. The van der Waals surface area contributed by atoms with Crippen LogP contribution >= 0.6 is 12.4 Å². The van der Waals surface area contributed by atoms with E-state index in [-0.39, 0.29) is 24.4 Å². The maximum Gasteiger partial charge on any atom is 0.287 e. The monoisotopic (exact) mass is 232 g/mol. The Balaban J connectivity index is 0.00000196. The van der Waals surface area contributed by atoms with E-state index >= 15 is 0 Å². The first-order valence-electron chi connectivity index (χ1n) is 4.62. The van der Waals surface area contributed by atoms with Crippen molar-refractivity contribution < 1.29 is 9.21 Å². The summed E-state index contributed by atoms with van der Waals surface area (Å²) in [6, 6.07) is 1.80. The number of hydrogen-bond donors (Lipinski definition) is 2. The molecule has 0 saturated carbocycles. The summed E-state index contributed by atoms with van der Waals surface area (Å²) in [7, 11) is 0. The van der Waals surface area contributed by atoms with Crippen LogP contribution in [-0.4, -0.2) is 18.5 Å². The van der Waals surface area contributed by atoms with Crippen LogP contribution in [0, 0.1) is 13.8 Å². The fourth-order valence-corrected chi connectivity index (χ4v) is 1.22. The number of carbonyl (C=O) groups excluding carboxylic acids is 1. The van der Waals surface area contributed by atoms with Gasteiger partial charge in [-0.05, 0) is 26.8 Å². The molecule has 5 heteroatoms. The third kappa shape index (κ3) is 3.57. The number of amides is 1. The predicted molar refractivity (Wildman–Crippen MR) is 61.4 cm³/mol. The minimum Gasteiger partial charge on any atom is -0.456 e. The number of hydrogen-bond acceptors (Lipinski definition) is 3. The van der Waals surface area contributed by atoms with Gasteiger partial charge in [0, 0.05) is 18.2 Å². The zero-order valence-electron chi connectivity index (χ0n) is 9.16. The standard InChI is InChI=1S/C10H16N2O2.ClH/c1-6-4-8(3)14-9(6)10(13)12-7(2)5-11;/h4,7H,5,11H2,1-3H3,(H,12,13);1H/t7-;/m1./s1. The Bertz CT molecular complexity index is 336. The maximum atomic E-state index is 11.6. The van der Waals surface area contributed by atoms with Gasteiger partial charge < -0.3 is 15.5 Å². The number of carbonyl (C=O) groups is 1. The molecule has 1 atom stereocenters. The summed E-state index contributed by atoms with van der Waals surface area (Å²) in [4.78, 5) is 11.6. The maximum absolute atomic E-state index is 11.6. The van der Waals surface area contributed by atoms with E-state index < -0.39 is 0 Å². The second-order valence-corrected chi connectivity index (χ2v) is 3.48. The molecule has 3 N–H and O–H groups in total. The summed E-state index contributed by atoms with van der Waals surface area (Å²) in [5, 5.41) is 2.74. The molecule has 0 radical (unpaired) electrons. The van der Waals surface area contributed by atoms with Gasteiger partial charge in [-0.15, -0.1) is 12.4 Å². The summed E-state index contributed by atoms with van der Waals surface area (Å²) in [6.45, 7) is 5.93. The van der Waals surface area contributed by atoms with E-state index in [1.165, 1.54) is 0 Å². The minimum absolute atomic E-state index is 0. The van der Waals surface area contributed by atoms with Gasteiger partial charge in [0.05, 0.1) is 0 Å². The molecule has 0 fully saturated rings. The quantitative estimate of drug-likeness (QED) is 0.828. The van der Waals surface area contributed by atoms with Crippen LogP contribution in [-0.2, 0) is 0 Å². The van der Waals surface area contributed by atoms with Crippen molar-refractivity contribution in [2.24, 2.45) is 5.73 Å². The van der Waals surface area contributed by atoms with E-state index in [4.69, 9.17) is 10.2 Å². The SMILES string of the molecule is Cc1cc(C)c(C(=O)N[C@H](C)CN)o1.Cl. The molecule has 0 spiro atoms. The van der Waals surface area contributed by atoms with Crippen LogP contribution in [0.25, 0.3) is 0 Å². The van der Waals surface area contributed by atoms with E-state index in [9.17, 15) is 4.79 Å². The van der Waals surface area contributed by atoms with Crippen molar-refractivity contribution in [2.45, 2.75) is 26.8 Å². The molecule has 1 heterocycles. The number of nitrogens with two attached hydrogens (primary N) is 1. The van der Waals surface area contributed by atoms with E-state index in [1.54, 1.807) is 0 Å². The number of nitrogens with one attached hydrogen (secondary N) is 1. The molecule has 0 aliphatic heterocycles. The van der Waals surface area contributed by atoms with Crippen LogP contribution in [0.3, 0.4) is 0 Å². The third-order valence-electron chi connectivity index (χ3n) is 1.98. The smallest absolute Gasteiger partial charge is 0.287 e. The molecule has 1 rings (SSSR count). The lowest BCUT2D eigenvalue weighted by molar-refractivity contribution is 0.0911. The van der Waals surface area contributed by atoms with E-state index in [0.717, 1.165) is 11.3 Å². The van der Waals surface area contributed by atoms with Crippen LogP contribution < -0.4 is 11.1 Å². The molecule has 0 unspecified atom stereocenters. The van der Waals surface area contributed by atoms with Crippen LogP contribution in [0.2, 0.25) is 0 Å². The number of halogens is 1. The second-order valence-electron chi connectivity index (χ2n) is 3.48. The van der Waals surface area contributed by atoms with Crippen molar-refractivity contribution in [3.8, 4) is 0 Å². The molecule has 86 valence electrons. The van der Waals surface area contributed by atoms with Crippen LogP contribution in [0.1, 0.15) is 28.8 Å². The molecule has 0 aliphatic rings. The van der Waals surface area contributed by atoms with E-state index in [2.05, 4.69) is 5.32 Å². The molecule has 0 aromatic carbocycles. The van der Waals surface area contributed by atoms with Crippen LogP contribution in [0.4, 0.5) is 0 Å². The topological polar surface area (TPSA) is 68.3 Å². The Morgan fingerprint density at radius 3 is 2.60 bits per heavy atom. The van der Waals surface area contributed by atoms with E-state index in [0.29, 0.717) is 12.3 Å². The summed E-state index contributed by atoms with van der Waals surface area (Å²) in [6.07, 6.45) is 0. The van der Waals surface area contributed by atoms with Gasteiger partial charge >= 0.3 is 0 Å². The van der Waals surface area contributed by atoms with Gasteiger partial charge in [-0.25, -0.2) is 0 Å². The molecule has 0 bridgehead atoms. The highest BCUT2D eigenvalue weighted by Crippen LogP contribution is 2.13. The molecular weight excluding hydrogens is 216 g/mol. The van der Waals surface area contributed by atoms with Crippen molar-refractivity contribution in [3.63, 3.8) is 0 Å². The first kappa shape index (κ1) is 14.0. The zero-order chi connectivity index (χ0) is 10.7. The number of rotatable bonds is 3. The van der Waals surface area contributed by atoms with Gasteiger partial charge in [-0.2, -0.15) is 0 Å². The normalized spacial score (nSPS) is 11.7. The highest BCUT2D eigenvalue weighted by atomic mass is 35.5. The first-order valence-corrected chi connectivity index (χ1v) is 4.62. The average Bonchev–Trinajstić information content (AvgIpc) is 2.45. The largest absolute Gasteiger partial charge is 0.456 e. The van der Waals surface area contributed by atoms with Crippen molar-refractivity contribution in [3.05, 3.63) is 23.2 Å².